The molecule has 0 aliphatic carbocycles. The van der Waals surface area contributed by atoms with Gasteiger partial charge in [0.2, 0.25) is 5.91 Å². The van der Waals surface area contributed by atoms with Crippen molar-refractivity contribution in [3.8, 4) is 0 Å². The highest BCUT2D eigenvalue weighted by Gasteiger charge is 2.10. The summed E-state index contributed by atoms with van der Waals surface area (Å²) < 4.78 is 1.60. The summed E-state index contributed by atoms with van der Waals surface area (Å²) in [7, 11) is 3.57. The maximum absolute atomic E-state index is 12.2. The van der Waals surface area contributed by atoms with E-state index in [-0.39, 0.29) is 5.91 Å². The van der Waals surface area contributed by atoms with E-state index in [0.717, 1.165) is 16.8 Å². The van der Waals surface area contributed by atoms with Gasteiger partial charge in [-0.1, -0.05) is 35.9 Å². The Morgan fingerprint density at radius 2 is 2.05 bits per heavy atom. The van der Waals surface area contributed by atoms with E-state index in [1.54, 1.807) is 29.8 Å². The van der Waals surface area contributed by atoms with Crippen molar-refractivity contribution in [2.75, 3.05) is 7.05 Å². The number of aromatic nitrogens is 2. The molecule has 116 valence electrons. The number of nitrogens with zero attached hydrogens (tertiary/aromatic N) is 3. The van der Waals surface area contributed by atoms with Crippen molar-refractivity contribution in [1.82, 2.24) is 14.7 Å². The smallest absolute Gasteiger partial charge is 0.246 e. The average Bonchev–Trinajstić information content (AvgIpc) is 2.72. The highest BCUT2D eigenvalue weighted by molar-refractivity contribution is 6.31. The van der Waals surface area contributed by atoms with Crippen LogP contribution in [-0.2, 0) is 18.4 Å². The summed E-state index contributed by atoms with van der Waals surface area (Å²) in [5.74, 6) is -0.0671. The third-order valence-electron chi connectivity index (χ3n) is 3.63. The molecule has 0 saturated heterocycles. The monoisotopic (exact) mass is 317 g/mol. The first kappa shape index (κ1) is 16.3. The summed E-state index contributed by atoms with van der Waals surface area (Å²) in [6, 6.07) is 8.05. The Morgan fingerprint density at radius 1 is 1.36 bits per heavy atom. The van der Waals surface area contributed by atoms with Crippen LogP contribution in [0.15, 0.2) is 30.3 Å². The fourth-order valence-corrected chi connectivity index (χ4v) is 2.48. The maximum Gasteiger partial charge on any atom is 0.246 e. The lowest BCUT2D eigenvalue weighted by Crippen LogP contribution is -2.24. The van der Waals surface area contributed by atoms with Crippen molar-refractivity contribution in [2.45, 2.75) is 20.4 Å². The molecule has 0 fully saturated rings. The van der Waals surface area contributed by atoms with E-state index in [1.165, 1.54) is 11.6 Å². The molecule has 1 heterocycles. The highest BCUT2D eigenvalue weighted by Crippen LogP contribution is 2.20. The van der Waals surface area contributed by atoms with Gasteiger partial charge in [0.25, 0.3) is 0 Å². The van der Waals surface area contributed by atoms with Gasteiger partial charge in [0.1, 0.15) is 5.15 Å². The predicted molar refractivity (Wildman–Crippen MR) is 89.6 cm³/mol. The number of hydrogen-bond acceptors (Lipinski definition) is 2. The molecule has 2 rings (SSSR count). The number of hydrogen-bond donors (Lipinski definition) is 0. The minimum Gasteiger partial charge on any atom is -0.338 e. The van der Waals surface area contributed by atoms with Crippen LogP contribution in [0.4, 0.5) is 0 Å². The topological polar surface area (TPSA) is 38.1 Å². The number of rotatable bonds is 4. The number of halogens is 1. The van der Waals surface area contributed by atoms with Gasteiger partial charge in [-0.15, -0.1) is 0 Å². The largest absolute Gasteiger partial charge is 0.338 e. The summed E-state index contributed by atoms with van der Waals surface area (Å²) in [5, 5.41) is 4.75. The van der Waals surface area contributed by atoms with E-state index >= 15 is 0 Å². The number of aryl methyl sites for hydroxylation is 3. The third kappa shape index (κ3) is 3.57. The molecule has 0 spiro atoms. The molecule has 0 N–H and O–H groups in total. The van der Waals surface area contributed by atoms with Crippen LogP contribution in [0.1, 0.15) is 22.4 Å². The van der Waals surface area contributed by atoms with E-state index in [0.29, 0.717) is 11.7 Å². The lowest BCUT2D eigenvalue weighted by molar-refractivity contribution is -0.125. The highest BCUT2D eigenvalue weighted by atomic mass is 35.5. The fraction of sp³-hybridized carbons (Fsp3) is 0.294. The van der Waals surface area contributed by atoms with Crippen molar-refractivity contribution < 1.29 is 4.79 Å². The second-order valence-electron chi connectivity index (χ2n) is 5.37. The molecule has 0 aliphatic rings. The molecular formula is C17H20ClN3O. The quantitative estimate of drug-likeness (QED) is 0.811. The van der Waals surface area contributed by atoms with Crippen molar-refractivity contribution >= 4 is 23.6 Å². The number of carbonyl (C=O) groups is 1. The molecule has 0 unspecified atom stereocenters. The molecule has 1 amide bonds. The molecular weight excluding hydrogens is 298 g/mol. The minimum atomic E-state index is -0.0671. The van der Waals surface area contributed by atoms with Crippen molar-refractivity contribution in [2.24, 2.45) is 7.05 Å². The number of likely N-dealkylation sites (N-methyl/N-ethyl adjacent to an activating group) is 1. The van der Waals surface area contributed by atoms with E-state index in [4.69, 9.17) is 11.6 Å². The summed E-state index contributed by atoms with van der Waals surface area (Å²) in [4.78, 5) is 13.9. The molecule has 0 saturated carbocycles. The molecule has 0 aliphatic heterocycles. The zero-order chi connectivity index (χ0) is 16.3. The number of carbonyl (C=O) groups excluding carboxylic acids is 1. The predicted octanol–water partition coefficient (Wildman–Crippen LogP) is 3.36. The second kappa shape index (κ2) is 6.79. The standard InChI is InChI=1S/C17H20ClN3O/c1-12-7-5-6-8-14(12)11-20(3)16(22)10-9-15-13(2)19-21(4)17(15)18/h5-10H,11H2,1-4H3/b10-9+. The van der Waals surface area contributed by atoms with Gasteiger partial charge in [0, 0.05) is 32.3 Å². The second-order valence-corrected chi connectivity index (χ2v) is 5.73. The Hall–Kier alpha value is -2.07. The SMILES string of the molecule is Cc1ccccc1CN(C)C(=O)/C=C/c1c(C)nn(C)c1Cl. The molecule has 2 aromatic rings. The first-order valence-electron chi connectivity index (χ1n) is 7.07. The molecule has 0 radical (unpaired) electrons. The molecule has 1 aromatic carbocycles. The van der Waals surface area contributed by atoms with E-state index in [1.807, 2.05) is 38.1 Å². The van der Waals surface area contributed by atoms with Gasteiger partial charge in [-0.05, 0) is 31.1 Å². The Kier molecular flexibility index (Phi) is 5.03. The molecule has 0 bridgehead atoms. The van der Waals surface area contributed by atoms with Gasteiger partial charge >= 0.3 is 0 Å². The average molecular weight is 318 g/mol. The summed E-state index contributed by atoms with van der Waals surface area (Å²) >= 11 is 6.15. The van der Waals surface area contributed by atoms with Gasteiger partial charge in [-0.25, -0.2) is 0 Å². The number of amides is 1. The first-order chi connectivity index (χ1) is 10.4. The lowest BCUT2D eigenvalue weighted by atomic mass is 10.1. The minimum absolute atomic E-state index is 0.0671. The van der Waals surface area contributed by atoms with Crippen LogP contribution < -0.4 is 0 Å². The summed E-state index contributed by atoms with van der Waals surface area (Å²) in [5.41, 5.74) is 3.90. The molecule has 0 atom stereocenters. The van der Waals surface area contributed by atoms with Crippen molar-refractivity contribution in [3.63, 3.8) is 0 Å². The third-order valence-corrected chi connectivity index (χ3v) is 4.08. The summed E-state index contributed by atoms with van der Waals surface area (Å²) in [6.07, 6.45) is 3.26. The Labute approximate surface area is 136 Å². The van der Waals surface area contributed by atoms with Crippen LogP contribution in [0, 0.1) is 13.8 Å². The van der Waals surface area contributed by atoms with Gasteiger partial charge in [0.15, 0.2) is 0 Å². The Balaban J connectivity index is 2.08. The summed E-state index contributed by atoms with van der Waals surface area (Å²) in [6.45, 7) is 4.49. The maximum atomic E-state index is 12.2. The molecule has 4 nitrogen and oxygen atoms in total. The zero-order valence-corrected chi connectivity index (χ0v) is 14.1. The van der Waals surface area contributed by atoms with E-state index in [9.17, 15) is 4.79 Å². The van der Waals surface area contributed by atoms with Crippen LogP contribution >= 0.6 is 11.6 Å². The Bertz CT molecular complexity index is 719. The van der Waals surface area contributed by atoms with Gasteiger partial charge in [0.05, 0.1) is 5.69 Å². The van der Waals surface area contributed by atoms with E-state index in [2.05, 4.69) is 5.10 Å². The van der Waals surface area contributed by atoms with Crippen LogP contribution in [-0.4, -0.2) is 27.6 Å². The van der Waals surface area contributed by atoms with Crippen LogP contribution in [0.25, 0.3) is 6.08 Å². The first-order valence-corrected chi connectivity index (χ1v) is 7.44. The van der Waals surface area contributed by atoms with Crippen LogP contribution in [0.2, 0.25) is 5.15 Å². The van der Waals surface area contributed by atoms with Gasteiger partial charge in [-0.3, -0.25) is 9.48 Å². The van der Waals surface area contributed by atoms with Gasteiger partial charge in [-0.2, -0.15) is 5.10 Å². The lowest BCUT2D eigenvalue weighted by Gasteiger charge is -2.16. The van der Waals surface area contributed by atoms with Crippen molar-refractivity contribution in [1.29, 1.82) is 0 Å². The zero-order valence-electron chi connectivity index (χ0n) is 13.3. The van der Waals surface area contributed by atoms with Gasteiger partial charge < -0.3 is 4.90 Å². The number of benzene rings is 1. The van der Waals surface area contributed by atoms with Crippen LogP contribution in [0.3, 0.4) is 0 Å². The molecule has 5 heteroatoms. The fourth-order valence-electron chi connectivity index (χ4n) is 2.24. The van der Waals surface area contributed by atoms with Crippen LogP contribution in [0.5, 0.6) is 0 Å². The normalized spacial score (nSPS) is 11.1. The molecule has 22 heavy (non-hydrogen) atoms. The van der Waals surface area contributed by atoms with Crippen molar-refractivity contribution in [3.05, 3.63) is 57.9 Å². The molecule has 1 aromatic heterocycles. The Morgan fingerprint density at radius 3 is 2.64 bits per heavy atom. The van der Waals surface area contributed by atoms with E-state index < -0.39 is 0 Å².